The first-order valence-electron chi connectivity index (χ1n) is 10.9. The predicted octanol–water partition coefficient (Wildman–Crippen LogP) is 4.19. The zero-order valence-corrected chi connectivity index (χ0v) is 20.1. The highest BCUT2D eigenvalue weighted by Gasteiger charge is 2.15. The molecule has 1 amide bonds. The summed E-state index contributed by atoms with van der Waals surface area (Å²) in [7, 11) is -4.10. The second-order valence-corrected chi connectivity index (χ2v) is 10.9. The van der Waals surface area contributed by atoms with Crippen molar-refractivity contribution in [2.75, 3.05) is 12.3 Å². The minimum absolute atomic E-state index is 0.145. The zero-order chi connectivity index (χ0) is 24.1. The van der Waals surface area contributed by atoms with Crippen molar-refractivity contribution in [2.24, 2.45) is 5.41 Å². The van der Waals surface area contributed by atoms with Crippen LogP contribution in [0.4, 0.5) is 0 Å². The molecule has 3 rings (SSSR count). The number of carbonyl (C=O) groups is 1. The number of aromatic nitrogens is 2. The first-order valence-corrected chi connectivity index (χ1v) is 12.5. The van der Waals surface area contributed by atoms with Crippen LogP contribution in [-0.2, 0) is 23.1 Å². The Bertz CT molecular complexity index is 1180. The Labute approximate surface area is 195 Å². The van der Waals surface area contributed by atoms with E-state index in [4.69, 9.17) is 9.54 Å². The van der Waals surface area contributed by atoms with E-state index in [1.165, 1.54) is 0 Å². The standard InChI is InChI=1S/C25H31N3O4S/c1-25(2,3)14-13-23-27-22(20-7-5-4-6-8-20)18-28(23)17-19-9-11-21(12-10-19)24(29)26-15-16-33(30,31)32/h4-12,18H,13-17H2,1-3H3,(H,26,29)(H,30,31,32). The van der Waals surface area contributed by atoms with E-state index in [-0.39, 0.29) is 17.9 Å². The molecule has 8 heteroatoms. The third-order valence-corrected chi connectivity index (χ3v) is 5.96. The summed E-state index contributed by atoms with van der Waals surface area (Å²) < 4.78 is 32.5. The lowest BCUT2D eigenvalue weighted by Crippen LogP contribution is -2.28. The third-order valence-electron chi connectivity index (χ3n) is 5.24. The van der Waals surface area contributed by atoms with E-state index in [1.54, 1.807) is 12.1 Å². The summed E-state index contributed by atoms with van der Waals surface area (Å²) in [6, 6.07) is 17.3. The number of benzene rings is 2. The molecule has 1 aromatic heterocycles. The molecular weight excluding hydrogens is 438 g/mol. The molecule has 0 aliphatic carbocycles. The topological polar surface area (TPSA) is 101 Å². The van der Waals surface area contributed by atoms with Crippen molar-refractivity contribution in [3.05, 3.63) is 77.7 Å². The van der Waals surface area contributed by atoms with Gasteiger partial charge in [-0.3, -0.25) is 9.35 Å². The minimum atomic E-state index is -4.10. The molecule has 33 heavy (non-hydrogen) atoms. The Hall–Kier alpha value is -2.97. The van der Waals surface area contributed by atoms with Gasteiger partial charge in [0.2, 0.25) is 0 Å². The maximum Gasteiger partial charge on any atom is 0.266 e. The van der Waals surface area contributed by atoms with E-state index in [0.717, 1.165) is 35.5 Å². The van der Waals surface area contributed by atoms with E-state index in [9.17, 15) is 13.2 Å². The maximum absolute atomic E-state index is 12.2. The lowest BCUT2D eigenvalue weighted by atomic mass is 9.90. The Kier molecular flexibility index (Phi) is 7.71. The van der Waals surface area contributed by atoms with Crippen molar-refractivity contribution in [3.8, 4) is 11.3 Å². The second kappa shape index (κ2) is 10.3. The third kappa shape index (κ3) is 7.83. The molecule has 2 aromatic carbocycles. The quantitative estimate of drug-likeness (QED) is 0.458. The number of aryl methyl sites for hydroxylation is 1. The first-order chi connectivity index (χ1) is 15.5. The van der Waals surface area contributed by atoms with Crippen LogP contribution in [0.3, 0.4) is 0 Å². The fraction of sp³-hybridized carbons (Fsp3) is 0.360. The highest BCUT2D eigenvalue weighted by atomic mass is 32.2. The van der Waals surface area contributed by atoms with Crippen molar-refractivity contribution < 1.29 is 17.8 Å². The summed E-state index contributed by atoms with van der Waals surface area (Å²) in [5, 5.41) is 2.49. The van der Waals surface area contributed by atoms with Gasteiger partial charge in [-0.15, -0.1) is 0 Å². The van der Waals surface area contributed by atoms with Crippen LogP contribution in [0.1, 0.15) is 48.9 Å². The summed E-state index contributed by atoms with van der Waals surface area (Å²) in [5.41, 5.74) is 3.67. The van der Waals surface area contributed by atoms with Gasteiger partial charge in [0.15, 0.2) is 0 Å². The molecule has 7 nitrogen and oxygen atoms in total. The molecule has 0 unspecified atom stereocenters. The number of nitrogens with one attached hydrogen (secondary N) is 1. The Morgan fingerprint density at radius 1 is 1.06 bits per heavy atom. The molecule has 0 saturated carbocycles. The lowest BCUT2D eigenvalue weighted by molar-refractivity contribution is 0.0956. The van der Waals surface area contributed by atoms with Gasteiger partial charge in [-0.2, -0.15) is 8.42 Å². The summed E-state index contributed by atoms with van der Waals surface area (Å²) in [4.78, 5) is 17.1. The SMILES string of the molecule is CC(C)(C)CCc1nc(-c2ccccc2)cn1Cc1ccc(C(=O)NCCS(=O)(=O)O)cc1. The van der Waals surface area contributed by atoms with Crippen molar-refractivity contribution >= 4 is 16.0 Å². The Morgan fingerprint density at radius 2 is 1.73 bits per heavy atom. The van der Waals surface area contributed by atoms with Crippen LogP contribution in [0.15, 0.2) is 60.8 Å². The monoisotopic (exact) mass is 469 g/mol. The first kappa shape index (κ1) is 24.7. The van der Waals surface area contributed by atoms with Gasteiger partial charge < -0.3 is 9.88 Å². The predicted molar refractivity (Wildman–Crippen MR) is 130 cm³/mol. The summed E-state index contributed by atoms with van der Waals surface area (Å²) >= 11 is 0. The highest BCUT2D eigenvalue weighted by Crippen LogP contribution is 2.24. The Morgan fingerprint density at radius 3 is 2.33 bits per heavy atom. The van der Waals surface area contributed by atoms with Crippen molar-refractivity contribution in [2.45, 2.75) is 40.2 Å². The van der Waals surface area contributed by atoms with Gasteiger partial charge in [-0.1, -0.05) is 63.2 Å². The van der Waals surface area contributed by atoms with Gasteiger partial charge in [0, 0.05) is 36.8 Å². The van der Waals surface area contributed by atoms with Crippen LogP contribution >= 0.6 is 0 Å². The van der Waals surface area contributed by atoms with Crippen molar-refractivity contribution in [1.82, 2.24) is 14.9 Å². The van der Waals surface area contributed by atoms with Crippen LogP contribution in [-0.4, -0.2) is 40.7 Å². The number of amides is 1. The van der Waals surface area contributed by atoms with Gasteiger partial charge >= 0.3 is 0 Å². The molecule has 0 atom stereocenters. The number of nitrogens with zero attached hydrogens (tertiary/aromatic N) is 2. The smallest absolute Gasteiger partial charge is 0.266 e. The fourth-order valence-corrected chi connectivity index (χ4v) is 3.74. The molecule has 0 saturated heterocycles. The molecule has 0 bridgehead atoms. The normalized spacial score (nSPS) is 12.0. The lowest BCUT2D eigenvalue weighted by Gasteiger charge is -2.18. The fourth-order valence-electron chi connectivity index (χ4n) is 3.38. The van der Waals surface area contributed by atoms with E-state index in [0.29, 0.717) is 12.1 Å². The average molecular weight is 470 g/mol. The molecular formula is C25H31N3O4S. The van der Waals surface area contributed by atoms with Crippen LogP contribution in [0, 0.1) is 5.41 Å². The molecule has 0 spiro atoms. The van der Waals surface area contributed by atoms with E-state index < -0.39 is 15.9 Å². The van der Waals surface area contributed by atoms with E-state index in [1.807, 2.05) is 30.3 Å². The number of hydrogen-bond donors (Lipinski definition) is 2. The van der Waals surface area contributed by atoms with Gasteiger partial charge in [-0.05, 0) is 29.5 Å². The number of carbonyl (C=O) groups excluding carboxylic acids is 1. The number of hydrogen-bond acceptors (Lipinski definition) is 4. The Balaban J connectivity index is 1.74. The molecule has 0 radical (unpaired) electrons. The van der Waals surface area contributed by atoms with Crippen LogP contribution < -0.4 is 5.32 Å². The van der Waals surface area contributed by atoms with E-state index >= 15 is 0 Å². The van der Waals surface area contributed by atoms with Crippen LogP contribution in [0.2, 0.25) is 0 Å². The largest absolute Gasteiger partial charge is 0.351 e. The molecule has 0 fully saturated rings. The van der Waals surface area contributed by atoms with Gasteiger partial charge in [-0.25, -0.2) is 4.98 Å². The second-order valence-electron chi connectivity index (χ2n) is 9.34. The summed E-state index contributed by atoms with van der Waals surface area (Å²) in [5.74, 6) is 0.124. The molecule has 0 aliphatic heterocycles. The van der Waals surface area contributed by atoms with Gasteiger partial charge in [0.25, 0.3) is 16.0 Å². The van der Waals surface area contributed by atoms with Gasteiger partial charge in [0.05, 0.1) is 11.4 Å². The van der Waals surface area contributed by atoms with E-state index in [2.05, 4.69) is 49.0 Å². The highest BCUT2D eigenvalue weighted by molar-refractivity contribution is 7.85. The average Bonchev–Trinajstić information content (AvgIpc) is 3.15. The van der Waals surface area contributed by atoms with Crippen molar-refractivity contribution in [1.29, 1.82) is 0 Å². The van der Waals surface area contributed by atoms with Crippen LogP contribution in [0.5, 0.6) is 0 Å². The summed E-state index contributed by atoms with van der Waals surface area (Å²) in [6.07, 6.45) is 3.95. The van der Waals surface area contributed by atoms with Crippen LogP contribution in [0.25, 0.3) is 11.3 Å². The molecule has 2 N–H and O–H groups in total. The molecule has 3 aromatic rings. The molecule has 1 heterocycles. The maximum atomic E-state index is 12.2. The summed E-state index contributed by atoms with van der Waals surface area (Å²) in [6.45, 7) is 7.15. The number of rotatable bonds is 9. The molecule has 0 aliphatic rings. The molecule has 176 valence electrons. The van der Waals surface area contributed by atoms with Crippen molar-refractivity contribution in [3.63, 3.8) is 0 Å². The minimum Gasteiger partial charge on any atom is -0.351 e. The van der Waals surface area contributed by atoms with Gasteiger partial charge in [0.1, 0.15) is 5.82 Å². The zero-order valence-electron chi connectivity index (χ0n) is 19.3. The number of imidazole rings is 1.